The minimum atomic E-state index is 0.445. The van der Waals surface area contributed by atoms with Gasteiger partial charge in [-0.3, -0.25) is 0 Å². The standard InChI is InChI=1S/C26H32N4O2/c1-5-13-32-22-10-8-7-9-19(22)18-11-12-20-21(14-18)28-26(27)24-25(20)30(15-17(3)4)23(29-24)16-31-6-2/h7-12,14,17H,5-6,13,15-16H2,1-4H3,(H2,27,28). The van der Waals surface area contributed by atoms with Crippen LogP contribution >= 0.6 is 0 Å². The van der Waals surface area contributed by atoms with Crippen molar-refractivity contribution in [3.8, 4) is 16.9 Å². The van der Waals surface area contributed by atoms with Gasteiger partial charge in [0.15, 0.2) is 5.82 Å². The van der Waals surface area contributed by atoms with Crippen molar-refractivity contribution in [3.63, 3.8) is 0 Å². The second kappa shape index (κ2) is 9.57. The third-order valence-corrected chi connectivity index (χ3v) is 5.43. The number of rotatable bonds is 9. The Bertz CT molecular complexity index is 1230. The Morgan fingerprint density at radius 2 is 1.88 bits per heavy atom. The molecule has 6 nitrogen and oxygen atoms in total. The van der Waals surface area contributed by atoms with Crippen molar-refractivity contribution in [2.24, 2.45) is 5.92 Å². The number of nitrogens with zero attached hydrogens (tertiary/aromatic N) is 3. The molecule has 32 heavy (non-hydrogen) atoms. The van der Waals surface area contributed by atoms with Gasteiger partial charge in [-0.25, -0.2) is 9.97 Å². The molecule has 0 atom stereocenters. The molecule has 0 aliphatic carbocycles. The Hall–Kier alpha value is -3.12. The van der Waals surface area contributed by atoms with Gasteiger partial charge in [0.25, 0.3) is 0 Å². The van der Waals surface area contributed by atoms with E-state index in [4.69, 9.17) is 25.2 Å². The lowest BCUT2D eigenvalue weighted by molar-refractivity contribution is 0.125. The van der Waals surface area contributed by atoms with Crippen LogP contribution in [0.4, 0.5) is 5.82 Å². The summed E-state index contributed by atoms with van der Waals surface area (Å²) in [6.07, 6.45) is 0.964. The third-order valence-electron chi connectivity index (χ3n) is 5.43. The monoisotopic (exact) mass is 432 g/mol. The highest BCUT2D eigenvalue weighted by molar-refractivity contribution is 6.07. The van der Waals surface area contributed by atoms with Crippen molar-refractivity contribution in [3.05, 3.63) is 48.3 Å². The number of imidazole rings is 1. The number of hydrogen-bond donors (Lipinski definition) is 1. The zero-order valence-electron chi connectivity index (χ0n) is 19.4. The van der Waals surface area contributed by atoms with E-state index >= 15 is 0 Å². The second-order valence-corrected chi connectivity index (χ2v) is 8.44. The number of nitrogens with two attached hydrogens (primary N) is 1. The molecule has 2 aromatic heterocycles. The van der Waals surface area contributed by atoms with Gasteiger partial charge in [-0.1, -0.05) is 51.1 Å². The number of pyridine rings is 1. The fraction of sp³-hybridized carbons (Fsp3) is 0.385. The van der Waals surface area contributed by atoms with Crippen LogP contribution in [0.25, 0.3) is 33.1 Å². The van der Waals surface area contributed by atoms with E-state index < -0.39 is 0 Å². The summed E-state index contributed by atoms with van der Waals surface area (Å²) >= 11 is 0. The van der Waals surface area contributed by atoms with Crippen LogP contribution in [0.15, 0.2) is 42.5 Å². The zero-order chi connectivity index (χ0) is 22.7. The lowest BCUT2D eigenvalue weighted by Crippen LogP contribution is -2.10. The topological polar surface area (TPSA) is 75.2 Å². The number of fused-ring (bicyclic) bond motifs is 3. The van der Waals surface area contributed by atoms with Crippen molar-refractivity contribution in [1.29, 1.82) is 0 Å². The Labute approximate surface area is 189 Å². The first kappa shape index (κ1) is 22.1. The molecular weight excluding hydrogens is 400 g/mol. The largest absolute Gasteiger partial charge is 0.493 e. The van der Waals surface area contributed by atoms with Crippen molar-refractivity contribution in [2.75, 3.05) is 18.9 Å². The first-order valence-electron chi connectivity index (χ1n) is 11.4. The zero-order valence-corrected chi connectivity index (χ0v) is 19.4. The maximum atomic E-state index is 6.40. The summed E-state index contributed by atoms with van der Waals surface area (Å²) < 4.78 is 13.9. The molecule has 0 aliphatic rings. The molecule has 0 spiro atoms. The molecule has 0 radical (unpaired) electrons. The molecule has 0 saturated heterocycles. The quantitative estimate of drug-likeness (QED) is 0.361. The second-order valence-electron chi connectivity index (χ2n) is 8.44. The molecular formula is C26H32N4O2. The predicted molar refractivity (Wildman–Crippen MR) is 131 cm³/mol. The summed E-state index contributed by atoms with van der Waals surface area (Å²) in [4.78, 5) is 9.53. The molecule has 2 aromatic carbocycles. The van der Waals surface area contributed by atoms with Crippen LogP contribution in [0.5, 0.6) is 5.75 Å². The van der Waals surface area contributed by atoms with Crippen LogP contribution in [0.3, 0.4) is 0 Å². The van der Waals surface area contributed by atoms with E-state index in [1.165, 1.54) is 0 Å². The average molecular weight is 433 g/mol. The Kier molecular flexibility index (Phi) is 6.61. The van der Waals surface area contributed by atoms with Crippen molar-refractivity contribution >= 4 is 27.8 Å². The normalized spacial score (nSPS) is 11.7. The summed E-state index contributed by atoms with van der Waals surface area (Å²) in [7, 11) is 0. The van der Waals surface area contributed by atoms with E-state index in [0.717, 1.165) is 57.6 Å². The van der Waals surface area contributed by atoms with E-state index in [2.05, 4.69) is 49.6 Å². The molecule has 2 N–H and O–H groups in total. The van der Waals surface area contributed by atoms with Gasteiger partial charge < -0.3 is 19.8 Å². The molecule has 0 aliphatic heterocycles. The molecule has 4 rings (SSSR count). The Morgan fingerprint density at radius 1 is 1.06 bits per heavy atom. The lowest BCUT2D eigenvalue weighted by Gasteiger charge is -2.14. The van der Waals surface area contributed by atoms with Gasteiger partial charge in [0.05, 0.1) is 17.6 Å². The van der Waals surface area contributed by atoms with Gasteiger partial charge >= 0.3 is 0 Å². The first-order chi connectivity index (χ1) is 15.5. The van der Waals surface area contributed by atoms with E-state index in [-0.39, 0.29) is 0 Å². The number of ether oxygens (including phenoxy) is 2. The summed E-state index contributed by atoms with van der Waals surface area (Å²) in [5, 5.41) is 1.04. The highest BCUT2D eigenvalue weighted by Crippen LogP contribution is 2.35. The summed E-state index contributed by atoms with van der Waals surface area (Å²) in [6, 6.07) is 14.5. The van der Waals surface area contributed by atoms with E-state index in [1.807, 2.05) is 25.1 Å². The fourth-order valence-corrected chi connectivity index (χ4v) is 4.03. The Balaban J connectivity index is 1.89. The molecule has 2 heterocycles. The van der Waals surface area contributed by atoms with Gasteiger partial charge in [0.2, 0.25) is 0 Å². The molecule has 4 aromatic rings. The van der Waals surface area contributed by atoms with E-state index in [9.17, 15) is 0 Å². The van der Waals surface area contributed by atoms with Crippen LogP contribution in [0, 0.1) is 5.92 Å². The van der Waals surface area contributed by atoms with Crippen LogP contribution in [0.2, 0.25) is 0 Å². The molecule has 168 valence electrons. The van der Waals surface area contributed by atoms with Gasteiger partial charge in [0.1, 0.15) is 23.7 Å². The predicted octanol–water partition coefficient (Wildman–Crippen LogP) is 5.82. The minimum Gasteiger partial charge on any atom is -0.493 e. The van der Waals surface area contributed by atoms with Crippen LogP contribution in [-0.4, -0.2) is 27.7 Å². The fourth-order valence-electron chi connectivity index (χ4n) is 4.03. The number of para-hydroxylation sites is 1. The molecule has 0 amide bonds. The van der Waals surface area contributed by atoms with Gasteiger partial charge in [0, 0.05) is 24.1 Å². The molecule has 0 saturated carbocycles. The van der Waals surface area contributed by atoms with E-state index in [0.29, 0.717) is 31.6 Å². The number of anilines is 1. The first-order valence-corrected chi connectivity index (χ1v) is 11.4. The maximum absolute atomic E-state index is 6.40. The van der Waals surface area contributed by atoms with Crippen LogP contribution < -0.4 is 10.5 Å². The Morgan fingerprint density at radius 3 is 2.62 bits per heavy atom. The van der Waals surface area contributed by atoms with Gasteiger partial charge in [-0.05, 0) is 37.0 Å². The summed E-state index contributed by atoms with van der Waals surface area (Å²) in [5.74, 6) is 2.67. The van der Waals surface area contributed by atoms with Crippen LogP contribution in [0.1, 0.15) is 39.9 Å². The highest BCUT2D eigenvalue weighted by atomic mass is 16.5. The summed E-state index contributed by atoms with van der Waals surface area (Å²) in [5.41, 5.74) is 11.1. The number of benzene rings is 2. The molecule has 6 heteroatoms. The molecule has 0 fully saturated rings. The molecule has 0 bridgehead atoms. The van der Waals surface area contributed by atoms with Crippen molar-refractivity contribution in [1.82, 2.24) is 14.5 Å². The molecule has 0 unspecified atom stereocenters. The van der Waals surface area contributed by atoms with Crippen molar-refractivity contribution in [2.45, 2.75) is 47.3 Å². The third kappa shape index (κ3) is 4.28. The van der Waals surface area contributed by atoms with E-state index in [1.54, 1.807) is 0 Å². The average Bonchev–Trinajstić information content (AvgIpc) is 3.14. The summed E-state index contributed by atoms with van der Waals surface area (Å²) in [6.45, 7) is 11.1. The van der Waals surface area contributed by atoms with Gasteiger partial charge in [-0.2, -0.15) is 0 Å². The SMILES string of the molecule is CCCOc1ccccc1-c1ccc2c(c1)nc(N)c1nc(COCC)n(CC(C)C)c12. The highest BCUT2D eigenvalue weighted by Gasteiger charge is 2.19. The smallest absolute Gasteiger partial charge is 0.152 e. The number of nitrogen functional groups attached to an aromatic ring is 1. The lowest BCUT2D eigenvalue weighted by atomic mass is 10.0. The number of hydrogen-bond acceptors (Lipinski definition) is 5. The number of aromatic nitrogens is 3. The maximum Gasteiger partial charge on any atom is 0.152 e. The van der Waals surface area contributed by atoms with Crippen LogP contribution in [-0.2, 0) is 17.9 Å². The van der Waals surface area contributed by atoms with Gasteiger partial charge in [-0.15, -0.1) is 0 Å². The minimum absolute atomic E-state index is 0.445. The van der Waals surface area contributed by atoms with Crippen molar-refractivity contribution < 1.29 is 9.47 Å².